The van der Waals surface area contributed by atoms with Crippen LogP contribution in [0.4, 0.5) is 5.69 Å². The average molecular weight is 300 g/mol. The number of nitrogens with one attached hydrogen (secondary N) is 2. The Hall–Kier alpha value is -2.56. The molecule has 2 aromatic rings. The van der Waals surface area contributed by atoms with E-state index in [4.69, 9.17) is 0 Å². The lowest BCUT2D eigenvalue weighted by atomic mass is 9.99. The molecule has 116 valence electrons. The van der Waals surface area contributed by atoms with Crippen LogP contribution in [-0.4, -0.2) is 16.0 Å². The largest absolute Gasteiger partial charge is 0.508 e. The zero-order valence-electron chi connectivity index (χ0n) is 13.2. The van der Waals surface area contributed by atoms with Gasteiger partial charge in [0.2, 0.25) is 5.56 Å². The summed E-state index contributed by atoms with van der Waals surface area (Å²) >= 11 is 0. The van der Waals surface area contributed by atoms with E-state index in [-0.39, 0.29) is 23.1 Å². The maximum absolute atomic E-state index is 12.4. The molecule has 1 aromatic carbocycles. The molecule has 0 atom stereocenters. The van der Waals surface area contributed by atoms with Crippen molar-refractivity contribution in [3.05, 3.63) is 57.0 Å². The molecule has 0 saturated heterocycles. The number of aromatic hydroxyl groups is 1. The number of hydrogen-bond acceptors (Lipinski definition) is 3. The predicted octanol–water partition coefficient (Wildman–Crippen LogP) is 3.07. The van der Waals surface area contributed by atoms with Crippen molar-refractivity contribution in [2.24, 2.45) is 0 Å². The van der Waals surface area contributed by atoms with Crippen molar-refractivity contribution in [3.8, 4) is 5.75 Å². The van der Waals surface area contributed by atoms with Crippen molar-refractivity contribution < 1.29 is 9.90 Å². The molecule has 0 aliphatic carbocycles. The second kappa shape index (κ2) is 6.05. The first-order valence-electron chi connectivity index (χ1n) is 7.14. The number of anilines is 1. The molecule has 0 radical (unpaired) electrons. The molecular weight excluding hydrogens is 280 g/mol. The maximum Gasteiger partial charge on any atom is 0.257 e. The van der Waals surface area contributed by atoms with E-state index in [1.807, 2.05) is 20.8 Å². The second-order valence-corrected chi connectivity index (χ2v) is 5.70. The van der Waals surface area contributed by atoms with Crippen LogP contribution in [0.2, 0.25) is 0 Å². The SMILES string of the molecule is Cc1cc(O)c(C(C)C)cc1NC(=O)c1ccc(=O)[nH]c1C. The van der Waals surface area contributed by atoms with Crippen LogP contribution in [0, 0.1) is 13.8 Å². The Labute approximate surface area is 129 Å². The fraction of sp³-hybridized carbons (Fsp3) is 0.294. The Morgan fingerprint density at radius 1 is 1.23 bits per heavy atom. The van der Waals surface area contributed by atoms with Crippen LogP contribution < -0.4 is 10.9 Å². The minimum Gasteiger partial charge on any atom is -0.508 e. The number of rotatable bonds is 3. The van der Waals surface area contributed by atoms with Gasteiger partial charge in [-0.25, -0.2) is 0 Å². The van der Waals surface area contributed by atoms with Crippen molar-refractivity contribution in [1.29, 1.82) is 0 Å². The standard InChI is InChI=1S/C17H20N2O3/c1-9(2)13-8-14(10(3)7-15(13)20)19-17(22)12-5-6-16(21)18-11(12)4/h5-9,20H,1-4H3,(H,18,21)(H,19,22). The summed E-state index contributed by atoms with van der Waals surface area (Å²) in [7, 11) is 0. The minimum atomic E-state index is -0.294. The summed E-state index contributed by atoms with van der Waals surface area (Å²) in [5.41, 5.74) is 2.90. The average Bonchev–Trinajstić information content (AvgIpc) is 2.41. The Morgan fingerprint density at radius 3 is 2.50 bits per heavy atom. The summed E-state index contributed by atoms with van der Waals surface area (Å²) in [5.74, 6) is 0.0778. The molecule has 0 aliphatic heterocycles. The van der Waals surface area contributed by atoms with E-state index in [0.717, 1.165) is 11.1 Å². The number of benzene rings is 1. The van der Waals surface area contributed by atoms with Gasteiger partial charge in [0.25, 0.3) is 5.91 Å². The molecule has 0 bridgehead atoms. The molecule has 1 amide bonds. The highest BCUT2D eigenvalue weighted by Crippen LogP contribution is 2.31. The number of hydrogen-bond donors (Lipinski definition) is 3. The van der Waals surface area contributed by atoms with Gasteiger partial charge in [-0.1, -0.05) is 13.8 Å². The van der Waals surface area contributed by atoms with Crippen LogP contribution in [0.25, 0.3) is 0 Å². The van der Waals surface area contributed by atoms with Crippen molar-refractivity contribution in [2.75, 3.05) is 5.32 Å². The number of aromatic amines is 1. The number of amides is 1. The van der Waals surface area contributed by atoms with Gasteiger partial charge in [-0.2, -0.15) is 0 Å². The molecule has 5 nitrogen and oxygen atoms in total. The van der Waals surface area contributed by atoms with Gasteiger partial charge < -0.3 is 15.4 Å². The molecule has 3 N–H and O–H groups in total. The van der Waals surface area contributed by atoms with Gasteiger partial charge in [-0.15, -0.1) is 0 Å². The first-order chi connectivity index (χ1) is 10.3. The van der Waals surface area contributed by atoms with Gasteiger partial charge in [0.1, 0.15) is 5.75 Å². The molecule has 0 spiro atoms. The molecule has 5 heteroatoms. The monoisotopic (exact) mass is 300 g/mol. The van der Waals surface area contributed by atoms with Crippen molar-refractivity contribution in [2.45, 2.75) is 33.6 Å². The number of H-pyrrole nitrogens is 1. The fourth-order valence-corrected chi connectivity index (χ4v) is 2.32. The third-order valence-corrected chi connectivity index (χ3v) is 3.60. The van der Waals surface area contributed by atoms with Gasteiger partial charge in [-0.05, 0) is 49.1 Å². The van der Waals surface area contributed by atoms with Gasteiger partial charge >= 0.3 is 0 Å². The van der Waals surface area contributed by atoms with Crippen LogP contribution in [0.5, 0.6) is 5.75 Å². The van der Waals surface area contributed by atoms with Crippen molar-refractivity contribution in [1.82, 2.24) is 4.98 Å². The number of aromatic nitrogens is 1. The molecule has 1 heterocycles. The highest BCUT2D eigenvalue weighted by atomic mass is 16.3. The zero-order chi connectivity index (χ0) is 16.4. The summed E-state index contributed by atoms with van der Waals surface area (Å²) in [5, 5.41) is 12.8. The lowest BCUT2D eigenvalue weighted by Crippen LogP contribution is -2.18. The Kier molecular flexibility index (Phi) is 4.35. The van der Waals surface area contributed by atoms with Gasteiger partial charge in [0.15, 0.2) is 0 Å². The number of pyridine rings is 1. The number of phenols is 1. The van der Waals surface area contributed by atoms with Crippen LogP contribution in [0.3, 0.4) is 0 Å². The van der Waals surface area contributed by atoms with E-state index in [1.54, 1.807) is 19.1 Å². The van der Waals surface area contributed by atoms with E-state index < -0.39 is 0 Å². The minimum absolute atomic E-state index is 0.145. The molecular formula is C17H20N2O3. The number of phenolic OH excluding ortho intramolecular Hbond substituents is 1. The molecule has 0 saturated carbocycles. The zero-order valence-corrected chi connectivity index (χ0v) is 13.2. The molecule has 2 rings (SSSR count). The van der Waals surface area contributed by atoms with E-state index in [1.165, 1.54) is 12.1 Å². The van der Waals surface area contributed by atoms with E-state index >= 15 is 0 Å². The summed E-state index contributed by atoms with van der Waals surface area (Å²) in [6, 6.07) is 6.26. The quantitative estimate of drug-likeness (QED) is 0.762. The second-order valence-electron chi connectivity index (χ2n) is 5.70. The van der Waals surface area contributed by atoms with Crippen LogP contribution in [-0.2, 0) is 0 Å². The van der Waals surface area contributed by atoms with E-state index in [2.05, 4.69) is 10.3 Å². The smallest absolute Gasteiger partial charge is 0.257 e. The van der Waals surface area contributed by atoms with Crippen molar-refractivity contribution in [3.63, 3.8) is 0 Å². The lowest BCUT2D eigenvalue weighted by Gasteiger charge is -2.15. The highest BCUT2D eigenvalue weighted by molar-refractivity contribution is 6.05. The Bertz CT molecular complexity index is 776. The summed E-state index contributed by atoms with van der Waals surface area (Å²) in [4.78, 5) is 26.2. The summed E-state index contributed by atoms with van der Waals surface area (Å²) in [6.45, 7) is 7.45. The maximum atomic E-state index is 12.4. The normalized spacial score (nSPS) is 10.8. The van der Waals surface area contributed by atoms with Gasteiger partial charge in [0, 0.05) is 17.4 Å². The first-order valence-corrected chi connectivity index (χ1v) is 7.14. The van der Waals surface area contributed by atoms with Gasteiger partial charge in [-0.3, -0.25) is 9.59 Å². The van der Waals surface area contributed by atoms with Crippen LogP contribution in [0.15, 0.2) is 29.1 Å². The number of carbonyl (C=O) groups is 1. The summed E-state index contributed by atoms with van der Waals surface area (Å²) < 4.78 is 0. The highest BCUT2D eigenvalue weighted by Gasteiger charge is 2.14. The third kappa shape index (κ3) is 3.19. The first kappa shape index (κ1) is 15.8. The number of carbonyl (C=O) groups excluding carboxylic acids is 1. The molecule has 22 heavy (non-hydrogen) atoms. The van der Waals surface area contributed by atoms with E-state index in [9.17, 15) is 14.7 Å². The van der Waals surface area contributed by atoms with Crippen LogP contribution in [0.1, 0.15) is 46.9 Å². The predicted molar refractivity (Wildman–Crippen MR) is 86.7 cm³/mol. The molecule has 1 aromatic heterocycles. The number of aryl methyl sites for hydroxylation is 2. The fourth-order valence-electron chi connectivity index (χ4n) is 2.32. The molecule has 0 fully saturated rings. The summed E-state index contributed by atoms with van der Waals surface area (Å²) in [6.07, 6.45) is 0. The molecule has 0 unspecified atom stereocenters. The lowest BCUT2D eigenvalue weighted by molar-refractivity contribution is 0.102. The molecule has 0 aliphatic rings. The third-order valence-electron chi connectivity index (χ3n) is 3.60. The van der Waals surface area contributed by atoms with E-state index in [0.29, 0.717) is 16.9 Å². The topological polar surface area (TPSA) is 82.2 Å². The van der Waals surface area contributed by atoms with Gasteiger partial charge in [0.05, 0.1) is 5.56 Å². The Balaban J connectivity index is 2.36. The van der Waals surface area contributed by atoms with Crippen molar-refractivity contribution >= 4 is 11.6 Å². The Morgan fingerprint density at radius 2 is 1.91 bits per heavy atom. The van der Waals surface area contributed by atoms with Crippen LogP contribution >= 0.6 is 0 Å².